The molecule has 4 rings (SSSR count). The third-order valence-electron chi connectivity index (χ3n) is 5.66. The summed E-state index contributed by atoms with van der Waals surface area (Å²) < 4.78 is 6.97. The van der Waals surface area contributed by atoms with E-state index in [9.17, 15) is 14.4 Å². The Bertz CT molecular complexity index is 1340. The molecule has 0 radical (unpaired) electrons. The number of nitrogens with zero attached hydrogens (tertiary/aromatic N) is 4. The molecule has 2 aromatic heterocycles. The number of carbonyl (C=O) groups is 2. The average molecular weight is 467 g/mol. The zero-order valence-corrected chi connectivity index (χ0v) is 20.0. The van der Waals surface area contributed by atoms with Gasteiger partial charge in [0.25, 0.3) is 11.5 Å². The van der Waals surface area contributed by atoms with E-state index in [4.69, 9.17) is 9.72 Å². The van der Waals surface area contributed by atoms with Crippen molar-refractivity contribution in [2.75, 3.05) is 32.1 Å². The number of thiophene rings is 1. The first-order valence-electron chi connectivity index (χ1n) is 10.6. The van der Waals surface area contributed by atoms with Crippen molar-refractivity contribution >= 4 is 38.9 Å². The van der Waals surface area contributed by atoms with Crippen molar-refractivity contribution in [3.8, 4) is 5.75 Å². The third kappa shape index (κ3) is 4.21. The van der Waals surface area contributed by atoms with E-state index in [1.54, 1.807) is 24.3 Å². The van der Waals surface area contributed by atoms with Crippen LogP contribution >= 0.6 is 11.3 Å². The number of hydrogen-bond acceptors (Lipinski definition) is 7. The highest BCUT2D eigenvalue weighted by atomic mass is 32.1. The summed E-state index contributed by atoms with van der Waals surface area (Å²) in [5, 5.41) is 0.564. The predicted molar refractivity (Wildman–Crippen MR) is 130 cm³/mol. The molecule has 1 amide bonds. The number of Topliss-reactive ketones (excluding diaryl/α,β-unsaturated/α-hetero) is 1. The van der Waals surface area contributed by atoms with Crippen molar-refractivity contribution in [1.29, 1.82) is 0 Å². The normalized spacial score (nSPS) is 13.4. The van der Waals surface area contributed by atoms with Crippen LogP contribution < -0.4 is 15.2 Å². The third-order valence-corrected chi connectivity index (χ3v) is 6.76. The zero-order chi connectivity index (χ0) is 23.9. The molecule has 3 heterocycles. The number of amides is 1. The molecule has 1 aliphatic heterocycles. The van der Waals surface area contributed by atoms with Crippen molar-refractivity contribution in [2.45, 2.75) is 26.9 Å². The second-order valence-corrected chi connectivity index (χ2v) is 9.51. The number of anilines is 1. The summed E-state index contributed by atoms with van der Waals surface area (Å²) in [5.74, 6) is 0.624. The highest BCUT2D eigenvalue weighted by molar-refractivity contribution is 7.18. The topological polar surface area (TPSA) is 84.7 Å². The number of hydrogen-bond donors (Lipinski definition) is 0. The Morgan fingerprint density at radius 3 is 2.76 bits per heavy atom. The lowest BCUT2D eigenvalue weighted by Gasteiger charge is -2.28. The molecule has 172 valence electrons. The predicted octanol–water partition coefficient (Wildman–Crippen LogP) is 2.93. The summed E-state index contributed by atoms with van der Waals surface area (Å²) in [5.41, 5.74) is 1.60. The quantitative estimate of drug-likeness (QED) is 0.393. The highest BCUT2D eigenvalue weighted by Gasteiger charge is 2.26. The van der Waals surface area contributed by atoms with Gasteiger partial charge in [0.1, 0.15) is 16.4 Å². The van der Waals surface area contributed by atoms with E-state index in [2.05, 4.69) is 6.58 Å². The van der Waals surface area contributed by atoms with E-state index in [0.717, 1.165) is 10.4 Å². The first-order valence-corrected chi connectivity index (χ1v) is 11.4. The molecule has 0 fully saturated rings. The van der Waals surface area contributed by atoms with Crippen molar-refractivity contribution in [2.24, 2.45) is 0 Å². The standard InChI is InChI=1S/C24H26N4O4S/c1-6-9-27-17-10-16(7-8-19(17)32-13-21(27)30)18(29)11-28-20(12-26(4)5)25-23-22(24(28)31)14(2)15(3)33-23/h6-8,10H,1,9,11-13H2,2-5H3. The van der Waals surface area contributed by atoms with Gasteiger partial charge >= 0.3 is 0 Å². The molecule has 1 aliphatic rings. The van der Waals surface area contributed by atoms with E-state index >= 15 is 0 Å². The number of aryl methyl sites for hydroxylation is 2. The van der Waals surface area contributed by atoms with Crippen molar-refractivity contribution < 1.29 is 14.3 Å². The van der Waals surface area contributed by atoms with Gasteiger partial charge in [-0.1, -0.05) is 6.08 Å². The van der Waals surface area contributed by atoms with Crippen LogP contribution in [0.3, 0.4) is 0 Å². The maximum Gasteiger partial charge on any atom is 0.265 e. The van der Waals surface area contributed by atoms with Crippen LogP contribution in [-0.2, 0) is 17.9 Å². The van der Waals surface area contributed by atoms with Crippen LogP contribution in [0.15, 0.2) is 35.6 Å². The summed E-state index contributed by atoms with van der Waals surface area (Å²) in [6.45, 7) is 8.12. The Kier molecular flexibility index (Phi) is 6.18. The van der Waals surface area contributed by atoms with Crippen LogP contribution in [0.4, 0.5) is 5.69 Å². The van der Waals surface area contributed by atoms with Crippen LogP contribution in [0.1, 0.15) is 26.6 Å². The molecular weight excluding hydrogens is 440 g/mol. The Morgan fingerprint density at radius 2 is 2.06 bits per heavy atom. The number of carbonyl (C=O) groups excluding carboxylic acids is 2. The van der Waals surface area contributed by atoms with Crippen LogP contribution in [0.5, 0.6) is 5.75 Å². The molecule has 0 saturated carbocycles. The number of rotatable bonds is 7. The van der Waals surface area contributed by atoms with E-state index < -0.39 is 0 Å². The Hall–Kier alpha value is -3.30. The SMILES string of the molecule is C=CCN1C(=O)COc2ccc(C(=O)Cn3c(CN(C)C)nc4sc(C)c(C)c4c3=O)cc21. The molecule has 0 bridgehead atoms. The number of benzene rings is 1. The molecule has 0 atom stereocenters. The second-order valence-electron chi connectivity index (χ2n) is 8.31. The molecule has 0 unspecified atom stereocenters. The van der Waals surface area contributed by atoms with Crippen LogP contribution in [0, 0.1) is 13.8 Å². The summed E-state index contributed by atoms with van der Waals surface area (Å²) in [4.78, 5) is 48.9. The lowest BCUT2D eigenvalue weighted by Crippen LogP contribution is -2.39. The maximum atomic E-state index is 13.4. The summed E-state index contributed by atoms with van der Waals surface area (Å²) in [6.07, 6.45) is 1.63. The van der Waals surface area contributed by atoms with E-state index in [1.807, 2.05) is 32.8 Å². The molecular formula is C24H26N4O4S. The van der Waals surface area contributed by atoms with Gasteiger partial charge in [-0.25, -0.2) is 4.98 Å². The molecule has 0 N–H and O–H groups in total. The van der Waals surface area contributed by atoms with E-state index in [0.29, 0.717) is 46.1 Å². The monoisotopic (exact) mass is 466 g/mol. The van der Waals surface area contributed by atoms with Crippen LogP contribution in [0.2, 0.25) is 0 Å². The minimum Gasteiger partial charge on any atom is -0.482 e. The first kappa shape index (κ1) is 22.9. The Labute approximate surface area is 195 Å². The Balaban J connectivity index is 1.76. The van der Waals surface area contributed by atoms with Gasteiger partial charge in [-0.15, -0.1) is 17.9 Å². The van der Waals surface area contributed by atoms with Crippen molar-refractivity contribution in [1.82, 2.24) is 14.5 Å². The minimum atomic E-state index is -0.248. The van der Waals surface area contributed by atoms with Gasteiger partial charge in [0.05, 0.1) is 24.2 Å². The molecule has 9 heteroatoms. The fraction of sp³-hybridized carbons (Fsp3) is 0.333. The van der Waals surface area contributed by atoms with Crippen molar-refractivity contribution in [3.05, 3.63) is 63.0 Å². The minimum absolute atomic E-state index is 0.0531. The number of fused-ring (bicyclic) bond motifs is 2. The van der Waals surface area contributed by atoms with Gasteiger partial charge in [0.15, 0.2) is 12.4 Å². The van der Waals surface area contributed by atoms with E-state index in [1.165, 1.54) is 20.8 Å². The Morgan fingerprint density at radius 1 is 1.30 bits per heavy atom. The smallest absolute Gasteiger partial charge is 0.265 e. The average Bonchev–Trinajstić information content (AvgIpc) is 3.05. The molecule has 3 aromatic rings. The fourth-order valence-electron chi connectivity index (χ4n) is 3.88. The fourth-order valence-corrected chi connectivity index (χ4v) is 4.91. The molecule has 0 spiro atoms. The van der Waals surface area contributed by atoms with Gasteiger partial charge in [-0.05, 0) is 51.7 Å². The highest BCUT2D eigenvalue weighted by Crippen LogP contribution is 2.33. The number of ether oxygens (including phenoxy) is 1. The molecule has 1 aromatic carbocycles. The second kappa shape index (κ2) is 8.92. The van der Waals surface area contributed by atoms with Gasteiger partial charge in [0.2, 0.25) is 0 Å². The van der Waals surface area contributed by atoms with Gasteiger partial charge in [-0.2, -0.15) is 0 Å². The lowest BCUT2D eigenvalue weighted by atomic mass is 10.1. The number of ketones is 1. The van der Waals surface area contributed by atoms with Crippen molar-refractivity contribution in [3.63, 3.8) is 0 Å². The van der Waals surface area contributed by atoms with Gasteiger partial charge in [-0.3, -0.25) is 19.0 Å². The summed E-state index contributed by atoms with van der Waals surface area (Å²) >= 11 is 1.49. The number of aromatic nitrogens is 2. The van der Waals surface area contributed by atoms with Gasteiger partial charge in [0, 0.05) is 17.0 Å². The largest absolute Gasteiger partial charge is 0.482 e. The van der Waals surface area contributed by atoms with Crippen LogP contribution in [0.25, 0.3) is 10.2 Å². The zero-order valence-electron chi connectivity index (χ0n) is 19.2. The molecule has 8 nitrogen and oxygen atoms in total. The molecule has 0 aliphatic carbocycles. The summed E-state index contributed by atoms with van der Waals surface area (Å²) in [6, 6.07) is 4.98. The maximum absolute atomic E-state index is 13.4. The lowest BCUT2D eigenvalue weighted by molar-refractivity contribution is -0.121. The first-order chi connectivity index (χ1) is 15.7. The van der Waals surface area contributed by atoms with Crippen LogP contribution in [-0.4, -0.2) is 53.4 Å². The van der Waals surface area contributed by atoms with Gasteiger partial charge < -0.3 is 14.5 Å². The molecule has 0 saturated heterocycles. The summed E-state index contributed by atoms with van der Waals surface area (Å²) in [7, 11) is 3.78. The molecule has 33 heavy (non-hydrogen) atoms. The van der Waals surface area contributed by atoms with E-state index in [-0.39, 0.29) is 30.4 Å².